The van der Waals surface area contributed by atoms with Crippen molar-refractivity contribution in [2.24, 2.45) is 5.73 Å². The monoisotopic (exact) mass is 239 g/mol. The Morgan fingerprint density at radius 3 is 2.71 bits per heavy atom. The fraction of sp³-hybridized carbons (Fsp3) is 0.833. The molecule has 1 saturated carbocycles. The standard InChI is InChI=1S/C12H21N3O2/c1-3-9(16-2)10-14-11(17-15-10)12(13)7-5-4-6-8-12/h9H,3-8,13H2,1-2H3. The molecule has 2 N–H and O–H groups in total. The Kier molecular flexibility index (Phi) is 3.79. The Labute approximate surface area is 102 Å². The average molecular weight is 239 g/mol. The first-order chi connectivity index (χ1) is 8.19. The van der Waals surface area contributed by atoms with Gasteiger partial charge >= 0.3 is 0 Å². The highest BCUT2D eigenvalue weighted by Crippen LogP contribution is 2.34. The third-order valence-electron chi connectivity index (χ3n) is 3.56. The molecule has 1 heterocycles. The largest absolute Gasteiger partial charge is 0.373 e. The van der Waals surface area contributed by atoms with Crippen LogP contribution >= 0.6 is 0 Å². The predicted octanol–water partition coefficient (Wildman–Crippen LogP) is 2.29. The van der Waals surface area contributed by atoms with Crippen molar-refractivity contribution in [1.82, 2.24) is 10.1 Å². The Bertz CT molecular complexity index is 354. The van der Waals surface area contributed by atoms with Crippen molar-refractivity contribution >= 4 is 0 Å². The van der Waals surface area contributed by atoms with Gasteiger partial charge in [0.2, 0.25) is 11.7 Å². The minimum atomic E-state index is -0.421. The maximum absolute atomic E-state index is 6.34. The second kappa shape index (κ2) is 5.14. The van der Waals surface area contributed by atoms with Gasteiger partial charge in [-0.25, -0.2) is 0 Å². The molecule has 17 heavy (non-hydrogen) atoms. The van der Waals surface area contributed by atoms with Gasteiger partial charge in [0.1, 0.15) is 6.10 Å². The van der Waals surface area contributed by atoms with Crippen LogP contribution in [0, 0.1) is 0 Å². The van der Waals surface area contributed by atoms with Crippen LogP contribution in [0.5, 0.6) is 0 Å². The van der Waals surface area contributed by atoms with Crippen LogP contribution in [0.15, 0.2) is 4.52 Å². The Hall–Kier alpha value is -0.940. The van der Waals surface area contributed by atoms with Crippen LogP contribution < -0.4 is 5.73 Å². The maximum Gasteiger partial charge on any atom is 0.246 e. The Morgan fingerprint density at radius 2 is 2.12 bits per heavy atom. The Morgan fingerprint density at radius 1 is 1.41 bits per heavy atom. The van der Waals surface area contributed by atoms with Crippen molar-refractivity contribution in [1.29, 1.82) is 0 Å². The molecule has 1 unspecified atom stereocenters. The van der Waals surface area contributed by atoms with Crippen LogP contribution in [0.4, 0.5) is 0 Å². The summed E-state index contributed by atoms with van der Waals surface area (Å²) in [4.78, 5) is 4.42. The number of nitrogens with two attached hydrogens (primary N) is 1. The molecule has 1 aromatic heterocycles. The van der Waals surface area contributed by atoms with E-state index in [9.17, 15) is 0 Å². The van der Waals surface area contributed by atoms with Gasteiger partial charge in [-0.3, -0.25) is 0 Å². The van der Waals surface area contributed by atoms with Crippen molar-refractivity contribution < 1.29 is 9.26 Å². The highest BCUT2D eigenvalue weighted by Gasteiger charge is 2.35. The van der Waals surface area contributed by atoms with Gasteiger partial charge in [-0.1, -0.05) is 31.3 Å². The molecule has 0 aromatic carbocycles. The van der Waals surface area contributed by atoms with Crippen molar-refractivity contribution in [2.75, 3.05) is 7.11 Å². The molecule has 1 fully saturated rings. The summed E-state index contributed by atoms with van der Waals surface area (Å²) in [5.41, 5.74) is 5.92. The van der Waals surface area contributed by atoms with E-state index in [0.717, 1.165) is 32.1 Å². The van der Waals surface area contributed by atoms with E-state index in [1.54, 1.807) is 7.11 Å². The lowest BCUT2D eigenvalue weighted by Gasteiger charge is -2.29. The van der Waals surface area contributed by atoms with Gasteiger partial charge in [0.25, 0.3) is 0 Å². The molecule has 1 aromatic rings. The van der Waals surface area contributed by atoms with Gasteiger partial charge in [-0.15, -0.1) is 0 Å². The number of rotatable bonds is 4. The summed E-state index contributed by atoms with van der Waals surface area (Å²) in [7, 11) is 1.66. The molecule has 1 aliphatic carbocycles. The first-order valence-electron chi connectivity index (χ1n) is 6.35. The molecular weight excluding hydrogens is 218 g/mol. The fourth-order valence-corrected chi connectivity index (χ4v) is 2.42. The highest BCUT2D eigenvalue weighted by atomic mass is 16.5. The van der Waals surface area contributed by atoms with Gasteiger partial charge in [-0.2, -0.15) is 4.98 Å². The number of nitrogens with zero attached hydrogens (tertiary/aromatic N) is 2. The zero-order valence-corrected chi connectivity index (χ0v) is 10.6. The van der Waals surface area contributed by atoms with Gasteiger partial charge in [0, 0.05) is 7.11 Å². The summed E-state index contributed by atoms with van der Waals surface area (Å²) in [6.45, 7) is 2.03. The molecular formula is C12H21N3O2. The van der Waals surface area contributed by atoms with Crippen LogP contribution in [-0.4, -0.2) is 17.3 Å². The van der Waals surface area contributed by atoms with Gasteiger partial charge in [-0.05, 0) is 19.3 Å². The average Bonchev–Trinajstić information content (AvgIpc) is 2.82. The lowest BCUT2D eigenvalue weighted by molar-refractivity contribution is 0.0903. The summed E-state index contributed by atoms with van der Waals surface area (Å²) in [6, 6.07) is 0. The van der Waals surface area contributed by atoms with Gasteiger partial charge < -0.3 is 15.0 Å². The third-order valence-corrected chi connectivity index (χ3v) is 3.56. The quantitative estimate of drug-likeness (QED) is 0.872. The number of hydrogen-bond acceptors (Lipinski definition) is 5. The summed E-state index contributed by atoms with van der Waals surface area (Å²) in [6.07, 6.45) is 6.10. The molecule has 5 heteroatoms. The SMILES string of the molecule is CCC(OC)c1noc(C2(N)CCCCC2)n1. The summed E-state index contributed by atoms with van der Waals surface area (Å²) < 4.78 is 10.6. The molecule has 0 amide bonds. The number of ether oxygens (including phenoxy) is 1. The second-order valence-electron chi connectivity index (χ2n) is 4.81. The van der Waals surface area contributed by atoms with Crippen LogP contribution in [-0.2, 0) is 10.3 Å². The highest BCUT2D eigenvalue weighted by molar-refractivity contribution is 5.04. The van der Waals surface area contributed by atoms with E-state index in [4.69, 9.17) is 15.0 Å². The molecule has 0 radical (unpaired) electrons. The second-order valence-corrected chi connectivity index (χ2v) is 4.81. The van der Waals surface area contributed by atoms with Crippen molar-refractivity contribution in [3.8, 4) is 0 Å². The molecule has 0 spiro atoms. The van der Waals surface area contributed by atoms with Gasteiger partial charge in [0.15, 0.2) is 0 Å². The molecule has 2 rings (SSSR count). The van der Waals surface area contributed by atoms with Gasteiger partial charge in [0.05, 0.1) is 5.54 Å². The number of methoxy groups -OCH3 is 1. The molecule has 1 atom stereocenters. The summed E-state index contributed by atoms with van der Waals surface area (Å²) in [5, 5.41) is 3.99. The summed E-state index contributed by atoms with van der Waals surface area (Å²) >= 11 is 0. The minimum absolute atomic E-state index is 0.0975. The topological polar surface area (TPSA) is 74.2 Å². The lowest BCUT2D eigenvalue weighted by atomic mass is 9.82. The first kappa shape index (κ1) is 12.5. The first-order valence-corrected chi connectivity index (χ1v) is 6.35. The molecule has 1 aliphatic rings. The van der Waals surface area contributed by atoms with Crippen molar-refractivity contribution in [3.05, 3.63) is 11.7 Å². The molecule has 0 bridgehead atoms. The molecule has 5 nitrogen and oxygen atoms in total. The zero-order valence-electron chi connectivity index (χ0n) is 10.6. The molecule has 0 saturated heterocycles. The Balaban J connectivity index is 2.16. The fourth-order valence-electron chi connectivity index (χ4n) is 2.42. The van der Waals surface area contributed by atoms with Crippen molar-refractivity contribution in [3.63, 3.8) is 0 Å². The van der Waals surface area contributed by atoms with Crippen LogP contribution in [0.1, 0.15) is 63.3 Å². The van der Waals surface area contributed by atoms with E-state index < -0.39 is 5.54 Å². The molecule has 96 valence electrons. The zero-order chi connectivity index (χ0) is 12.3. The summed E-state index contributed by atoms with van der Waals surface area (Å²) in [5.74, 6) is 1.18. The lowest BCUT2D eigenvalue weighted by Crippen LogP contribution is -2.39. The number of hydrogen-bond donors (Lipinski definition) is 1. The van der Waals surface area contributed by atoms with E-state index >= 15 is 0 Å². The normalized spacial score (nSPS) is 21.4. The van der Waals surface area contributed by atoms with E-state index in [2.05, 4.69) is 10.1 Å². The van der Waals surface area contributed by atoms with Crippen LogP contribution in [0.25, 0.3) is 0 Å². The third kappa shape index (κ3) is 2.50. The van der Waals surface area contributed by atoms with E-state index in [1.807, 2.05) is 6.92 Å². The van der Waals surface area contributed by atoms with E-state index in [-0.39, 0.29) is 6.10 Å². The van der Waals surface area contributed by atoms with Crippen LogP contribution in [0.3, 0.4) is 0 Å². The smallest absolute Gasteiger partial charge is 0.246 e. The van der Waals surface area contributed by atoms with Crippen molar-refractivity contribution in [2.45, 2.75) is 57.1 Å². The molecule has 0 aliphatic heterocycles. The van der Waals surface area contributed by atoms with Crippen LogP contribution in [0.2, 0.25) is 0 Å². The minimum Gasteiger partial charge on any atom is -0.373 e. The van der Waals surface area contributed by atoms with E-state index in [0.29, 0.717) is 11.7 Å². The van der Waals surface area contributed by atoms with E-state index in [1.165, 1.54) is 6.42 Å². The predicted molar refractivity (Wildman–Crippen MR) is 63.3 cm³/mol. The maximum atomic E-state index is 6.34. The number of aromatic nitrogens is 2.